The summed E-state index contributed by atoms with van der Waals surface area (Å²) in [6, 6.07) is 0. The normalized spacial score (nSPS) is 31.5. The van der Waals surface area contributed by atoms with Crippen molar-refractivity contribution in [2.45, 2.75) is 20.3 Å². The molecule has 0 aromatic heterocycles. The van der Waals surface area contributed by atoms with E-state index in [2.05, 4.69) is 18.5 Å². The molecule has 0 amide bonds. The molecule has 66 valence electrons. The van der Waals surface area contributed by atoms with E-state index in [0.717, 1.165) is 32.3 Å². The van der Waals surface area contributed by atoms with E-state index >= 15 is 0 Å². The lowest BCUT2D eigenvalue weighted by Gasteiger charge is -2.28. The first-order valence-corrected chi connectivity index (χ1v) is 7.07. The zero-order chi connectivity index (χ0) is 8.32. The van der Waals surface area contributed by atoms with Gasteiger partial charge in [0.25, 0.3) is 0 Å². The van der Waals surface area contributed by atoms with Crippen molar-refractivity contribution in [1.29, 1.82) is 0 Å². The molecule has 1 atom stereocenters. The summed E-state index contributed by atoms with van der Waals surface area (Å²) in [7, 11) is 0. The van der Waals surface area contributed by atoms with E-state index in [4.69, 9.17) is 16.3 Å². The number of rotatable bonds is 3. The van der Waals surface area contributed by atoms with E-state index in [0.29, 0.717) is 0 Å². The lowest BCUT2D eigenvalue weighted by molar-refractivity contribution is 0.344. The lowest BCUT2D eigenvalue weighted by atomic mass is 10.5. The fourth-order valence-corrected chi connectivity index (χ4v) is 5.10. The lowest BCUT2D eigenvalue weighted by Crippen LogP contribution is -2.19. The molecule has 0 aliphatic carbocycles. The summed E-state index contributed by atoms with van der Waals surface area (Å²) in [6.45, 7) is 7.26. The van der Waals surface area contributed by atoms with Gasteiger partial charge in [0.2, 0.25) is 0 Å². The predicted octanol–water partition coefficient (Wildman–Crippen LogP) is 2.06. The molecule has 0 aromatic carbocycles. The van der Waals surface area contributed by atoms with Crippen LogP contribution in [0, 0.1) is 0 Å². The Kier molecular flexibility index (Phi) is 3.51. The van der Waals surface area contributed by atoms with Crippen molar-refractivity contribution >= 4 is 18.2 Å². The molecule has 2 nitrogen and oxygen atoms in total. The van der Waals surface area contributed by atoms with Gasteiger partial charge in [-0.2, -0.15) is 0 Å². The molecule has 1 saturated heterocycles. The van der Waals surface area contributed by atoms with Crippen LogP contribution in [0.5, 0.6) is 0 Å². The van der Waals surface area contributed by atoms with Gasteiger partial charge in [0, 0.05) is 19.3 Å². The van der Waals surface area contributed by atoms with Crippen LogP contribution in [0.25, 0.3) is 0 Å². The molecule has 0 N–H and O–H groups in total. The van der Waals surface area contributed by atoms with E-state index in [-0.39, 0.29) is 0 Å². The van der Waals surface area contributed by atoms with Crippen LogP contribution < -0.4 is 0 Å². The fraction of sp³-hybridized carbons (Fsp3) is 1.00. The average molecular weight is 193 g/mol. The van der Waals surface area contributed by atoms with E-state index < -0.39 is 6.42 Å². The summed E-state index contributed by atoms with van der Waals surface area (Å²) in [4.78, 5) is 0. The highest BCUT2D eigenvalue weighted by atomic mass is 32.4. The van der Waals surface area contributed by atoms with Crippen molar-refractivity contribution in [2.24, 2.45) is 0 Å². The largest absolute Gasteiger partial charge is 0.338 e. The van der Waals surface area contributed by atoms with E-state index in [1.54, 1.807) is 0 Å². The maximum Gasteiger partial charge on any atom is 0.132 e. The van der Waals surface area contributed by atoms with Crippen molar-refractivity contribution in [3.05, 3.63) is 0 Å². The second-order valence-electron chi connectivity index (χ2n) is 2.69. The Bertz CT molecular complexity index is 160. The minimum Gasteiger partial charge on any atom is -0.338 e. The molecule has 1 aliphatic rings. The molecule has 4 heteroatoms. The van der Waals surface area contributed by atoms with Gasteiger partial charge < -0.3 is 4.52 Å². The van der Waals surface area contributed by atoms with Crippen molar-refractivity contribution in [3.8, 4) is 0 Å². The van der Waals surface area contributed by atoms with Crippen molar-refractivity contribution in [3.63, 3.8) is 0 Å². The minimum atomic E-state index is -1.51. The molecule has 1 heterocycles. The highest BCUT2D eigenvalue weighted by Gasteiger charge is 2.28. The van der Waals surface area contributed by atoms with Crippen LogP contribution in [-0.2, 0) is 16.3 Å². The van der Waals surface area contributed by atoms with Crippen LogP contribution in [-0.4, -0.2) is 30.5 Å². The van der Waals surface area contributed by atoms with Gasteiger partial charge in [0.15, 0.2) is 0 Å². The molecule has 0 bridgehead atoms. The van der Waals surface area contributed by atoms with Crippen LogP contribution >= 0.6 is 6.42 Å². The number of nitrogens with zero attached hydrogens (tertiary/aromatic N) is 1. The third-order valence-corrected chi connectivity index (χ3v) is 6.49. The molecule has 11 heavy (non-hydrogen) atoms. The molecule has 1 aliphatic heterocycles. The Balaban J connectivity index is 2.61. The Hall–Kier alpha value is 0.570. The molecule has 0 saturated carbocycles. The van der Waals surface area contributed by atoms with Crippen LogP contribution in [0.4, 0.5) is 0 Å². The summed E-state index contributed by atoms with van der Waals surface area (Å²) in [5, 5.41) is 0. The maximum atomic E-state index is 5.64. The van der Waals surface area contributed by atoms with Gasteiger partial charge in [0.05, 0.1) is 6.61 Å². The second kappa shape index (κ2) is 3.99. The summed E-state index contributed by atoms with van der Waals surface area (Å²) in [5.74, 6) is 0. The van der Waals surface area contributed by atoms with E-state index in [1.165, 1.54) is 0 Å². The van der Waals surface area contributed by atoms with Gasteiger partial charge in [-0.05, 0) is 6.42 Å². The maximum absolute atomic E-state index is 5.64. The molecule has 1 unspecified atom stereocenters. The monoisotopic (exact) mass is 193 g/mol. The molecule has 1 rings (SSSR count). The summed E-state index contributed by atoms with van der Waals surface area (Å²) < 4.78 is 7.95. The van der Waals surface area contributed by atoms with Gasteiger partial charge in [-0.15, -0.1) is 0 Å². The van der Waals surface area contributed by atoms with Crippen LogP contribution in [0.2, 0.25) is 0 Å². The number of hydrogen-bond acceptors (Lipinski definition) is 2. The van der Waals surface area contributed by atoms with Gasteiger partial charge in [0.1, 0.15) is 6.42 Å². The predicted molar refractivity (Wildman–Crippen MR) is 52.6 cm³/mol. The Labute approximate surface area is 74.1 Å². The third-order valence-electron chi connectivity index (χ3n) is 2.04. The first kappa shape index (κ1) is 9.66. The first-order chi connectivity index (χ1) is 5.23. The zero-order valence-corrected chi connectivity index (χ0v) is 8.96. The smallest absolute Gasteiger partial charge is 0.132 e. The Morgan fingerprint density at radius 1 is 1.45 bits per heavy atom. The van der Waals surface area contributed by atoms with Gasteiger partial charge >= 0.3 is 0 Å². The molecule has 0 spiro atoms. The molecule has 0 radical (unpaired) electrons. The SMILES string of the molecule is CCN(CC)P1(=S)CCCO1. The average Bonchev–Trinajstić information content (AvgIpc) is 2.39. The molecular formula is C7H16NOPS. The van der Waals surface area contributed by atoms with Crippen LogP contribution in [0.1, 0.15) is 20.3 Å². The van der Waals surface area contributed by atoms with Gasteiger partial charge in [-0.3, -0.25) is 4.67 Å². The molecular weight excluding hydrogens is 177 g/mol. The summed E-state index contributed by atoms with van der Waals surface area (Å²) in [5.41, 5.74) is 0. The topological polar surface area (TPSA) is 12.5 Å². The van der Waals surface area contributed by atoms with E-state index in [9.17, 15) is 0 Å². The Morgan fingerprint density at radius 3 is 2.45 bits per heavy atom. The second-order valence-corrected chi connectivity index (χ2v) is 6.94. The highest BCUT2D eigenvalue weighted by Crippen LogP contribution is 2.54. The molecule has 1 fully saturated rings. The van der Waals surface area contributed by atoms with Crippen LogP contribution in [0.3, 0.4) is 0 Å². The van der Waals surface area contributed by atoms with Gasteiger partial charge in [-0.25, -0.2) is 0 Å². The Morgan fingerprint density at radius 2 is 2.09 bits per heavy atom. The summed E-state index contributed by atoms with van der Waals surface area (Å²) in [6.07, 6.45) is 0.762. The first-order valence-electron chi connectivity index (χ1n) is 4.22. The van der Waals surface area contributed by atoms with Crippen molar-refractivity contribution < 1.29 is 4.52 Å². The standard InChI is InChI=1S/C7H16NOPS/c1-3-8(4-2)10(11)7-5-6-9-10/h3-7H2,1-2H3. The van der Waals surface area contributed by atoms with Crippen molar-refractivity contribution in [2.75, 3.05) is 25.9 Å². The minimum absolute atomic E-state index is 0.883. The van der Waals surface area contributed by atoms with Crippen LogP contribution in [0.15, 0.2) is 0 Å². The summed E-state index contributed by atoms with van der Waals surface area (Å²) >= 11 is 5.50. The zero-order valence-electron chi connectivity index (χ0n) is 7.25. The fourth-order valence-electron chi connectivity index (χ4n) is 1.41. The van der Waals surface area contributed by atoms with Gasteiger partial charge in [-0.1, -0.05) is 25.7 Å². The molecule has 0 aromatic rings. The third kappa shape index (κ3) is 2.03. The highest BCUT2D eigenvalue weighted by molar-refractivity contribution is 8.11. The van der Waals surface area contributed by atoms with E-state index in [1.807, 2.05) is 0 Å². The van der Waals surface area contributed by atoms with Crippen molar-refractivity contribution in [1.82, 2.24) is 4.67 Å². The quantitative estimate of drug-likeness (QED) is 0.636. The number of hydrogen-bond donors (Lipinski definition) is 0.